The smallest absolute Gasteiger partial charge is 0.242 e. The SMILES string of the molecule is CC(C)C[C@H](NS(=O)(=O)c1ccccc1Cl)C(=O)N[C@@H](C(C)C)[C@@H](O)C1C(=O)C1c1ccccc1. The molecule has 1 aliphatic carbocycles. The molecule has 0 bridgehead atoms. The van der Waals surface area contributed by atoms with Gasteiger partial charge in [-0.1, -0.05) is 81.8 Å². The first-order chi connectivity index (χ1) is 16.4. The highest BCUT2D eigenvalue weighted by molar-refractivity contribution is 7.89. The Kier molecular flexibility index (Phi) is 8.75. The first-order valence-electron chi connectivity index (χ1n) is 11.8. The summed E-state index contributed by atoms with van der Waals surface area (Å²) >= 11 is 6.08. The van der Waals surface area contributed by atoms with E-state index in [-0.39, 0.29) is 34.0 Å². The lowest BCUT2D eigenvalue weighted by molar-refractivity contribution is -0.125. The van der Waals surface area contributed by atoms with Crippen LogP contribution in [0.5, 0.6) is 0 Å². The molecule has 1 amide bonds. The van der Waals surface area contributed by atoms with Gasteiger partial charge in [-0.15, -0.1) is 0 Å². The van der Waals surface area contributed by atoms with E-state index in [4.69, 9.17) is 11.6 Å². The third-order valence-corrected chi connectivity index (χ3v) is 8.23. The molecule has 1 saturated carbocycles. The minimum absolute atomic E-state index is 0.00888. The number of hydrogen-bond donors (Lipinski definition) is 3. The molecule has 2 aromatic carbocycles. The zero-order chi connectivity index (χ0) is 25.9. The predicted octanol–water partition coefficient (Wildman–Crippen LogP) is 3.52. The van der Waals surface area contributed by atoms with Gasteiger partial charge in [0.2, 0.25) is 15.9 Å². The van der Waals surface area contributed by atoms with Gasteiger partial charge in [-0.05, 0) is 36.0 Å². The Morgan fingerprint density at radius 3 is 2.20 bits per heavy atom. The van der Waals surface area contributed by atoms with Gasteiger partial charge in [0.1, 0.15) is 16.7 Å². The van der Waals surface area contributed by atoms with Crippen LogP contribution >= 0.6 is 11.6 Å². The first kappa shape index (κ1) is 27.3. The van der Waals surface area contributed by atoms with Crippen LogP contribution in [0.2, 0.25) is 5.02 Å². The van der Waals surface area contributed by atoms with E-state index in [0.717, 1.165) is 5.56 Å². The molecule has 0 aliphatic heterocycles. The second kappa shape index (κ2) is 11.2. The third-order valence-electron chi connectivity index (χ3n) is 6.25. The number of sulfonamides is 1. The molecule has 2 unspecified atom stereocenters. The molecule has 3 rings (SSSR count). The van der Waals surface area contributed by atoms with E-state index in [1.54, 1.807) is 12.1 Å². The number of benzene rings is 2. The van der Waals surface area contributed by atoms with Crippen molar-refractivity contribution in [1.82, 2.24) is 10.0 Å². The summed E-state index contributed by atoms with van der Waals surface area (Å²) in [4.78, 5) is 25.7. The number of carbonyl (C=O) groups is 2. The van der Waals surface area contributed by atoms with Crippen molar-refractivity contribution in [3.05, 3.63) is 65.2 Å². The number of hydrogen-bond acceptors (Lipinski definition) is 5. The van der Waals surface area contributed by atoms with Crippen molar-refractivity contribution >= 4 is 33.3 Å². The van der Waals surface area contributed by atoms with E-state index in [1.165, 1.54) is 12.1 Å². The summed E-state index contributed by atoms with van der Waals surface area (Å²) in [6.45, 7) is 7.44. The number of aliphatic hydroxyl groups is 1. The summed E-state index contributed by atoms with van der Waals surface area (Å²) < 4.78 is 28.5. The molecule has 7 nitrogen and oxygen atoms in total. The molecule has 0 heterocycles. The second-order valence-corrected chi connectivity index (χ2v) is 11.9. The average molecular weight is 521 g/mol. The fraction of sp³-hybridized carbons (Fsp3) is 0.462. The number of nitrogens with one attached hydrogen (secondary N) is 2. The Balaban J connectivity index is 1.78. The summed E-state index contributed by atoms with van der Waals surface area (Å²) in [6.07, 6.45) is -0.859. The Morgan fingerprint density at radius 1 is 1.03 bits per heavy atom. The number of halogens is 1. The molecule has 190 valence electrons. The Labute approximate surface area is 212 Å². The Hall–Kier alpha value is -2.26. The molecule has 1 aliphatic rings. The van der Waals surface area contributed by atoms with E-state index in [0.29, 0.717) is 0 Å². The van der Waals surface area contributed by atoms with Crippen LogP contribution in [0.15, 0.2) is 59.5 Å². The molecule has 1 fully saturated rings. The molecule has 9 heteroatoms. The number of amides is 1. The maximum Gasteiger partial charge on any atom is 0.242 e. The van der Waals surface area contributed by atoms with Gasteiger partial charge in [-0.2, -0.15) is 4.72 Å². The van der Waals surface area contributed by atoms with Crippen molar-refractivity contribution in [1.29, 1.82) is 0 Å². The van der Waals surface area contributed by atoms with Crippen LogP contribution in [0.25, 0.3) is 0 Å². The molecule has 35 heavy (non-hydrogen) atoms. The van der Waals surface area contributed by atoms with Crippen LogP contribution in [0.1, 0.15) is 45.6 Å². The maximum absolute atomic E-state index is 13.3. The number of ketones is 1. The largest absolute Gasteiger partial charge is 0.390 e. The maximum atomic E-state index is 13.3. The molecule has 0 saturated heterocycles. The van der Waals surface area contributed by atoms with Crippen LogP contribution < -0.4 is 10.0 Å². The molecule has 5 atom stereocenters. The van der Waals surface area contributed by atoms with Crippen molar-refractivity contribution in [2.24, 2.45) is 17.8 Å². The van der Waals surface area contributed by atoms with E-state index < -0.39 is 46.0 Å². The van der Waals surface area contributed by atoms with Crippen molar-refractivity contribution in [3.63, 3.8) is 0 Å². The standard InChI is InChI=1S/C26H33ClN2O5S/c1-15(2)14-19(29-35(33,34)20-13-9-8-12-18(20)27)26(32)28-23(16(3)4)25(31)22-21(24(22)30)17-10-6-5-7-11-17/h5-13,15-16,19,21-23,25,29,31H,14H2,1-4H3,(H,28,32)/t19-,21?,22?,23-,25-/m0/s1. The van der Waals surface area contributed by atoms with Crippen LogP contribution in [-0.2, 0) is 19.6 Å². The molecule has 0 spiro atoms. The van der Waals surface area contributed by atoms with Crippen LogP contribution in [0.3, 0.4) is 0 Å². The van der Waals surface area contributed by atoms with Crippen molar-refractivity contribution < 1.29 is 23.1 Å². The highest BCUT2D eigenvalue weighted by Gasteiger charge is 2.56. The first-order valence-corrected chi connectivity index (χ1v) is 13.6. The highest BCUT2D eigenvalue weighted by atomic mass is 35.5. The molecule has 3 N–H and O–H groups in total. The number of carbonyl (C=O) groups excluding carboxylic acids is 2. The topological polar surface area (TPSA) is 113 Å². The minimum Gasteiger partial charge on any atom is -0.390 e. The van der Waals surface area contributed by atoms with Crippen LogP contribution in [0.4, 0.5) is 0 Å². The molecule has 0 aromatic heterocycles. The predicted molar refractivity (Wildman–Crippen MR) is 135 cm³/mol. The van der Waals surface area contributed by atoms with Gasteiger partial charge in [0, 0.05) is 0 Å². The molecular formula is C26H33ClN2O5S. The van der Waals surface area contributed by atoms with Crippen LogP contribution in [0, 0.1) is 17.8 Å². The van der Waals surface area contributed by atoms with E-state index in [2.05, 4.69) is 10.0 Å². The van der Waals surface area contributed by atoms with Crippen LogP contribution in [-0.4, -0.2) is 43.4 Å². The lowest BCUT2D eigenvalue weighted by atomic mass is 9.92. The average Bonchev–Trinajstić information content (AvgIpc) is 3.47. The number of rotatable bonds is 11. The van der Waals surface area contributed by atoms with Gasteiger partial charge in [0.25, 0.3) is 0 Å². The van der Waals surface area contributed by atoms with Gasteiger partial charge in [-0.25, -0.2) is 8.42 Å². The lowest BCUT2D eigenvalue weighted by Gasteiger charge is -2.30. The summed E-state index contributed by atoms with van der Waals surface area (Å²) in [6, 6.07) is 13.4. The zero-order valence-electron chi connectivity index (χ0n) is 20.3. The highest BCUT2D eigenvalue weighted by Crippen LogP contribution is 2.46. The molecular weight excluding hydrogens is 488 g/mol. The summed E-state index contributed by atoms with van der Waals surface area (Å²) in [5.41, 5.74) is 0.834. The van der Waals surface area contributed by atoms with E-state index >= 15 is 0 Å². The van der Waals surface area contributed by atoms with Gasteiger partial charge >= 0.3 is 0 Å². The normalized spacial score (nSPS) is 20.5. The molecule has 0 radical (unpaired) electrons. The van der Waals surface area contributed by atoms with Crippen molar-refractivity contribution in [2.75, 3.05) is 0 Å². The fourth-order valence-corrected chi connectivity index (χ4v) is 6.11. The second-order valence-electron chi connectivity index (χ2n) is 9.82. The Bertz CT molecular complexity index is 1150. The monoisotopic (exact) mass is 520 g/mol. The summed E-state index contributed by atoms with van der Waals surface area (Å²) in [5.74, 6) is -1.84. The lowest BCUT2D eigenvalue weighted by Crippen LogP contribution is -2.55. The Morgan fingerprint density at radius 2 is 1.63 bits per heavy atom. The van der Waals surface area contributed by atoms with Gasteiger partial charge in [-0.3, -0.25) is 9.59 Å². The van der Waals surface area contributed by atoms with E-state index in [1.807, 2.05) is 58.0 Å². The van der Waals surface area contributed by atoms with E-state index in [9.17, 15) is 23.1 Å². The molecule has 2 aromatic rings. The third kappa shape index (κ3) is 6.50. The van der Waals surface area contributed by atoms with Gasteiger partial charge in [0.05, 0.1) is 29.0 Å². The number of aliphatic hydroxyl groups excluding tert-OH is 1. The van der Waals surface area contributed by atoms with Gasteiger partial charge < -0.3 is 10.4 Å². The fourth-order valence-electron chi connectivity index (χ4n) is 4.38. The van der Waals surface area contributed by atoms with Gasteiger partial charge in [0.15, 0.2) is 0 Å². The zero-order valence-corrected chi connectivity index (χ0v) is 21.9. The minimum atomic E-state index is -4.07. The summed E-state index contributed by atoms with van der Waals surface area (Å²) in [7, 11) is -4.07. The number of Topliss-reactive ketones (excluding diaryl/α,β-unsaturated/α-hetero) is 1. The summed E-state index contributed by atoms with van der Waals surface area (Å²) in [5, 5.41) is 14.0. The van der Waals surface area contributed by atoms with Crippen molar-refractivity contribution in [3.8, 4) is 0 Å². The quantitative estimate of drug-likeness (QED) is 0.419. The van der Waals surface area contributed by atoms with Crippen molar-refractivity contribution in [2.45, 2.75) is 63.1 Å².